The van der Waals surface area contributed by atoms with Gasteiger partial charge in [0.1, 0.15) is 0 Å². The lowest BCUT2D eigenvalue weighted by molar-refractivity contribution is 0.185. The van der Waals surface area contributed by atoms with E-state index in [9.17, 15) is 4.39 Å². The molecule has 1 aromatic rings. The van der Waals surface area contributed by atoms with Gasteiger partial charge in [0.15, 0.2) is 11.6 Å². The lowest BCUT2D eigenvalue weighted by Gasteiger charge is -2.17. The smallest absolute Gasteiger partial charge is 0.165 e. The van der Waals surface area contributed by atoms with Crippen molar-refractivity contribution in [2.24, 2.45) is 11.7 Å². The highest BCUT2D eigenvalue weighted by Gasteiger charge is 2.11. The summed E-state index contributed by atoms with van der Waals surface area (Å²) in [6.45, 7) is 8.03. The van der Waals surface area contributed by atoms with E-state index in [4.69, 9.17) is 10.5 Å². The Morgan fingerprint density at radius 3 is 2.35 bits per heavy atom. The second-order valence-corrected chi connectivity index (χ2v) is 5.04. The number of rotatable bonds is 5. The Morgan fingerprint density at radius 1 is 1.24 bits per heavy atom. The number of hydrogen-bond acceptors (Lipinski definition) is 2. The minimum Gasteiger partial charge on any atom is -0.488 e. The van der Waals surface area contributed by atoms with Gasteiger partial charge in [0.2, 0.25) is 0 Å². The minimum atomic E-state index is -0.338. The second-order valence-electron chi connectivity index (χ2n) is 5.04. The van der Waals surface area contributed by atoms with Gasteiger partial charge in [-0.1, -0.05) is 19.9 Å². The zero-order valence-corrected chi connectivity index (χ0v) is 11.0. The van der Waals surface area contributed by atoms with E-state index >= 15 is 0 Å². The molecule has 0 radical (unpaired) electrons. The van der Waals surface area contributed by atoms with Crippen LogP contribution in [-0.2, 0) is 0 Å². The maximum Gasteiger partial charge on any atom is 0.165 e. The van der Waals surface area contributed by atoms with Crippen molar-refractivity contribution >= 4 is 0 Å². The van der Waals surface area contributed by atoms with E-state index in [0.29, 0.717) is 11.7 Å². The predicted molar refractivity (Wildman–Crippen MR) is 68.5 cm³/mol. The van der Waals surface area contributed by atoms with Gasteiger partial charge < -0.3 is 10.5 Å². The molecule has 0 aliphatic carbocycles. The molecule has 3 heteroatoms. The maximum atomic E-state index is 13.7. The third-order valence-electron chi connectivity index (χ3n) is 2.61. The molecule has 96 valence electrons. The van der Waals surface area contributed by atoms with Gasteiger partial charge in [-0.05, 0) is 43.9 Å². The van der Waals surface area contributed by atoms with E-state index in [0.717, 1.165) is 12.0 Å². The molecule has 1 unspecified atom stereocenters. The number of benzene rings is 1. The molecular formula is C14H22FNO. The van der Waals surface area contributed by atoms with E-state index in [1.54, 1.807) is 6.07 Å². The van der Waals surface area contributed by atoms with Crippen LogP contribution in [0.5, 0.6) is 5.75 Å². The summed E-state index contributed by atoms with van der Waals surface area (Å²) in [5.74, 6) is 0.509. The first-order valence-electron chi connectivity index (χ1n) is 6.11. The fourth-order valence-corrected chi connectivity index (χ4v) is 1.82. The number of halogens is 1. The molecule has 2 nitrogen and oxygen atoms in total. The van der Waals surface area contributed by atoms with Gasteiger partial charge in [-0.25, -0.2) is 4.39 Å². The molecule has 0 saturated carbocycles. The molecule has 0 aromatic heterocycles. The van der Waals surface area contributed by atoms with Crippen LogP contribution in [0.3, 0.4) is 0 Å². The van der Waals surface area contributed by atoms with Crippen molar-refractivity contribution in [2.75, 3.05) is 0 Å². The fraction of sp³-hybridized carbons (Fsp3) is 0.571. The average molecular weight is 239 g/mol. The minimum absolute atomic E-state index is 0.0191. The topological polar surface area (TPSA) is 35.2 Å². The molecule has 1 aromatic carbocycles. The van der Waals surface area contributed by atoms with Crippen molar-refractivity contribution in [3.63, 3.8) is 0 Å². The summed E-state index contributed by atoms with van der Waals surface area (Å²) >= 11 is 0. The molecule has 0 spiro atoms. The van der Waals surface area contributed by atoms with E-state index in [-0.39, 0.29) is 18.0 Å². The third kappa shape index (κ3) is 4.35. The first-order chi connectivity index (χ1) is 7.90. The quantitative estimate of drug-likeness (QED) is 0.851. The molecular weight excluding hydrogens is 217 g/mol. The van der Waals surface area contributed by atoms with Gasteiger partial charge >= 0.3 is 0 Å². The van der Waals surface area contributed by atoms with Crippen molar-refractivity contribution in [1.29, 1.82) is 0 Å². The van der Waals surface area contributed by atoms with Crippen LogP contribution in [0, 0.1) is 11.7 Å². The molecule has 0 amide bonds. The Kier molecular flexibility index (Phi) is 4.94. The number of nitrogens with two attached hydrogens (primary N) is 1. The summed E-state index contributed by atoms with van der Waals surface area (Å²) in [6.07, 6.45) is 0.930. The monoisotopic (exact) mass is 239 g/mol. The Labute approximate surface area is 103 Å². The highest BCUT2D eigenvalue weighted by Crippen LogP contribution is 2.23. The summed E-state index contributed by atoms with van der Waals surface area (Å²) in [6, 6.07) is 4.75. The maximum absolute atomic E-state index is 13.7. The fourth-order valence-electron chi connectivity index (χ4n) is 1.82. The van der Waals surface area contributed by atoms with Crippen LogP contribution in [-0.4, -0.2) is 6.10 Å². The first-order valence-corrected chi connectivity index (χ1v) is 6.11. The molecule has 0 aliphatic heterocycles. The van der Waals surface area contributed by atoms with Crippen LogP contribution < -0.4 is 10.5 Å². The second kappa shape index (κ2) is 6.01. The van der Waals surface area contributed by atoms with Crippen molar-refractivity contribution in [3.05, 3.63) is 29.6 Å². The Bertz CT molecular complexity index is 363. The zero-order valence-electron chi connectivity index (χ0n) is 11.0. The van der Waals surface area contributed by atoms with Crippen molar-refractivity contribution in [3.8, 4) is 5.75 Å². The van der Waals surface area contributed by atoms with Crippen molar-refractivity contribution in [1.82, 2.24) is 0 Å². The van der Waals surface area contributed by atoms with Gasteiger partial charge in [-0.15, -0.1) is 0 Å². The van der Waals surface area contributed by atoms with Crippen LogP contribution >= 0.6 is 0 Å². The molecule has 0 fully saturated rings. The lowest BCUT2D eigenvalue weighted by Crippen LogP contribution is -2.15. The zero-order chi connectivity index (χ0) is 13.0. The first kappa shape index (κ1) is 14.0. The summed E-state index contributed by atoms with van der Waals surface area (Å²) in [5.41, 5.74) is 6.48. The Balaban J connectivity index is 2.72. The Hall–Kier alpha value is -1.09. The molecule has 0 aliphatic rings. The highest BCUT2D eigenvalue weighted by atomic mass is 19.1. The van der Waals surface area contributed by atoms with E-state index in [2.05, 4.69) is 13.8 Å². The van der Waals surface area contributed by atoms with Crippen LogP contribution in [0.25, 0.3) is 0 Å². The molecule has 0 saturated heterocycles. The van der Waals surface area contributed by atoms with E-state index in [1.807, 2.05) is 19.9 Å². The molecule has 2 N–H and O–H groups in total. The third-order valence-corrected chi connectivity index (χ3v) is 2.61. The lowest BCUT2D eigenvalue weighted by atomic mass is 10.1. The molecule has 2 atom stereocenters. The van der Waals surface area contributed by atoms with Gasteiger partial charge in [-0.2, -0.15) is 0 Å². The summed E-state index contributed by atoms with van der Waals surface area (Å²) < 4.78 is 19.3. The Morgan fingerprint density at radius 2 is 1.88 bits per heavy atom. The SMILES string of the molecule is CC(C)CC(C)Oc1ccc([C@H](C)N)cc1F. The normalized spacial score (nSPS) is 14.8. The van der Waals surface area contributed by atoms with Crippen molar-refractivity contribution < 1.29 is 9.13 Å². The van der Waals surface area contributed by atoms with Crippen LogP contribution in [0.2, 0.25) is 0 Å². The number of ether oxygens (including phenoxy) is 1. The van der Waals surface area contributed by atoms with E-state index < -0.39 is 0 Å². The molecule has 1 rings (SSSR count). The number of hydrogen-bond donors (Lipinski definition) is 1. The van der Waals surface area contributed by atoms with Gasteiger partial charge in [0.25, 0.3) is 0 Å². The molecule has 0 heterocycles. The van der Waals surface area contributed by atoms with Gasteiger partial charge in [-0.3, -0.25) is 0 Å². The van der Waals surface area contributed by atoms with Crippen LogP contribution in [0.15, 0.2) is 18.2 Å². The largest absolute Gasteiger partial charge is 0.488 e. The van der Waals surface area contributed by atoms with Crippen molar-refractivity contribution in [2.45, 2.75) is 46.3 Å². The molecule has 17 heavy (non-hydrogen) atoms. The highest BCUT2D eigenvalue weighted by molar-refractivity contribution is 5.30. The molecule has 0 bridgehead atoms. The standard InChI is InChI=1S/C14H22FNO/c1-9(2)7-10(3)17-14-6-5-12(11(4)16)8-13(14)15/h5-6,8-11H,7,16H2,1-4H3/t10?,11-/m0/s1. The summed E-state index contributed by atoms with van der Waals surface area (Å²) in [4.78, 5) is 0. The summed E-state index contributed by atoms with van der Waals surface area (Å²) in [7, 11) is 0. The van der Waals surface area contributed by atoms with Gasteiger partial charge in [0, 0.05) is 6.04 Å². The predicted octanol–water partition coefficient (Wildman–Crippen LogP) is 3.66. The summed E-state index contributed by atoms with van der Waals surface area (Å²) in [5, 5.41) is 0. The van der Waals surface area contributed by atoms with Crippen LogP contribution in [0.1, 0.15) is 45.7 Å². The van der Waals surface area contributed by atoms with E-state index in [1.165, 1.54) is 6.07 Å². The average Bonchev–Trinajstić information content (AvgIpc) is 2.19. The van der Waals surface area contributed by atoms with Crippen LogP contribution in [0.4, 0.5) is 4.39 Å². The van der Waals surface area contributed by atoms with Gasteiger partial charge in [0.05, 0.1) is 6.10 Å².